The Hall–Kier alpha value is -3.48. The van der Waals surface area contributed by atoms with Crippen LogP contribution in [0.5, 0.6) is 0 Å². The number of benzene rings is 2. The first-order valence-corrected chi connectivity index (χ1v) is 10.9. The third-order valence-electron chi connectivity index (χ3n) is 5.80. The van der Waals surface area contributed by atoms with Gasteiger partial charge < -0.3 is 10.2 Å². The summed E-state index contributed by atoms with van der Waals surface area (Å²) in [4.78, 5) is 27.2. The van der Waals surface area contributed by atoms with Crippen LogP contribution in [-0.2, 0) is 4.79 Å². The summed E-state index contributed by atoms with van der Waals surface area (Å²) in [6.07, 6.45) is 1.63. The lowest BCUT2D eigenvalue weighted by Gasteiger charge is -2.33. The van der Waals surface area contributed by atoms with Gasteiger partial charge in [-0.3, -0.25) is 9.59 Å². The minimum absolute atomic E-state index is 0.0227. The molecule has 4 rings (SSSR count). The van der Waals surface area contributed by atoms with Gasteiger partial charge in [-0.1, -0.05) is 32.0 Å². The van der Waals surface area contributed by atoms with Gasteiger partial charge in [0.15, 0.2) is 0 Å². The van der Waals surface area contributed by atoms with Crippen LogP contribution in [0.4, 0.5) is 15.9 Å². The molecule has 2 heterocycles. The van der Waals surface area contributed by atoms with E-state index in [0.29, 0.717) is 24.0 Å². The summed E-state index contributed by atoms with van der Waals surface area (Å²) >= 11 is 0. The van der Waals surface area contributed by atoms with Gasteiger partial charge in [0.2, 0.25) is 5.91 Å². The van der Waals surface area contributed by atoms with Crippen LogP contribution < -0.4 is 15.8 Å². The lowest BCUT2D eigenvalue weighted by Crippen LogP contribution is -2.41. The van der Waals surface area contributed by atoms with Crippen LogP contribution in [0, 0.1) is 11.7 Å². The normalized spacial score (nSPS) is 16.2. The molecule has 1 amide bonds. The Balaban J connectivity index is 1.48. The number of halogens is 1. The van der Waals surface area contributed by atoms with E-state index in [1.807, 2.05) is 29.2 Å². The summed E-state index contributed by atoms with van der Waals surface area (Å²) in [5.74, 6) is 0.385. The van der Waals surface area contributed by atoms with Crippen molar-refractivity contribution in [2.45, 2.75) is 32.6 Å². The molecule has 0 unspecified atom stereocenters. The van der Waals surface area contributed by atoms with E-state index in [9.17, 15) is 14.0 Å². The summed E-state index contributed by atoms with van der Waals surface area (Å²) in [5.41, 5.74) is 2.05. The minimum Gasteiger partial charge on any atom is -0.354 e. The van der Waals surface area contributed by atoms with Crippen LogP contribution in [0.25, 0.3) is 5.69 Å². The molecule has 1 aliphatic heterocycles. The van der Waals surface area contributed by atoms with E-state index in [-0.39, 0.29) is 17.4 Å². The first-order chi connectivity index (χ1) is 15.4. The molecule has 2 aromatic carbocycles. The fraction of sp³-hybridized carbons (Fsp3) is 0.320. The van der Waals surface area contributed by atoms with E-state index in [4.69, 9.17) is 0 Å². The quantitative estimate of drug-likeness (QED) is 0.648. The van der Waals surface area contributed by atoms with E-state index in [2.05, 4.69) is 24.3 Å². The highest BCUT2D eigenvalue weighted by Crippen LogP contribution is 2.23. The fourth-order valence-electron chi connectivity index (χ4n) is 3.96. The number of hydrogen-bond donors (Lipinski definition) is 1. The molecule has 0 radical (unpaired) electrons. The van der Waals surface area contributed by atoms with Gasteiger partial charge in [-0.25, -0.2) is 4.39 Å². The Bertz CT molecular complexity index is 1160. The molecule has 7 heteroatoms. The molecule has 1 fully saturated rings. The molecule has 0 aliphatic carbocycles. The molecule has 1 N–H and O–H groups in total. The number of aromatic nitrogens is 2. The van der Waals surface area contributed by atoms with Crippen molar-refractivity contribution in [3.8, 4) is 5.69 Å². The van der Waals surface area contributed by atoms with Crippen LogP contribution in [0.2, 0.25) is 0 Å². The molecule has 0 saturated carbocycles. The SMILES string of the molecule is CC(C)c1ccc(NC(=O)[C@H]2CCCN(c3ccc(=O)n(-c4cccc(F)c4)n3)C2)cc1. The number of nitrogens with zero attached hydrogens (tertiary/aromatic N) is 3. The average Bonchev–Trinajstić information content (AvgIpc) is 2.80. The highest BCUT2D eigenvalue weighted by molar-refractivity contribution is 5.93. The van der Waals surface area contributed by atoms with Crippen LogP contribution in [-0.4, -0.2) is 28.8 Å². The molecular formula is C25H27FN4O2. The Morgan fingerprint density at radius 2 is 1.91 bits per heavy atom. The van der Waals surface area contributed by atoms with Crippen LogP contribution >= 0.6 is 0 Å². The summed E-state index contributed by atoms with van der Waals surface area (Å²) in [6.45, 7) is 5.51. The van der Waals surface area contributed by atoms with Gasteiger partial charge in [0.05, 0.1) is 11.6 Å². The van der Waals surface area contributed by atoms with E-state index in [0.717, 1.165) is 25.1 Å². The smallest absolute Gasteiger partial charge is 0.271 e. The number of carbonyl (C=O) groups excluding carboxylic acids is 1. The van der Waals surface area contributed by atoms with E-state index < -0.39 is 5.82 Å². The zero-order valence-corrected chi connectivity index (χ0v) is 18.3. The molecule has 6 nitrogen and oxygen atoms in total. The lowest BCUT2D eigenvalue weighted by atomic mass is 9.97. The standard InChI is InChI=1S/C25H27FN4O2/c1-17(2)18-8-10-21(11-9-18)27-25(32)19-5-4-14-29(16-19)23-12-13-24(31)30(28-23)22-7-3-6-20(26)15-22/h3,6-13,15,17,19H,4-5,14,16H2,1-2H3,(H,27,32)/t19-/m0/s1. The van der Waals surface area contributed by atoms with Crippen molar-refractivity contribution in [1.82, 2.24) is 9.78 Å². The van der Waals surface area contributed by atoms with Crippen molar-refractivity contribution >= 4 is 17.4 Å². The fourth-order valence-corrected chi connectivity index (χ4v) is 3.96. The number of rotatable bonds is 5. The highest BCUT2D eigenvalue weighted by Gasteiger charge is 2.27. The van der Waals surface area contributed by atoms with Gasteiger partial charge in [-0.15, -0.1) is 5.10 Å². The number of amides is 1. The monoisotopic (exact) mass is 434 g/mol. The van der Waals surface area contributed by atoms with Gasteiger partial charge in [0, 0.05) is 24.8 Å². The maximum Gasteiger partial charge on any atom is 0.271 e. The van der Waals surface area contributed by atoms with Gasteiger partial charge >= 0.3 is 0 Å². The van der Waals surface area contributed by atoms with E-state index in [1.54, 1.807) is 18.2 Å². The lowest BCUT2D eigenvalue weighted by molar-refractivity contribution is -0.120. The van der Waals surface area contributed by atoms with Crippen molar-refractivity contribution in [2.24, 2.45) is 5.92 Å². The first kappa shape index (κ1) is 21.7. The van der Waals surface area contributed by atoms with Gasteiger partial charge in [-0.2, -0.15) is 4.68 Å². The van der Waals surface area contributed by atoms with E-state index in [1.165, 1.54) is 28.4 Å². The number of anilines is 2. The molecule has 166 valence electrons. The second-order valence-corrected chi connectivity index (χ2v) is 8.47. The maximum atomic E-state index is 13.6. The molecule has 1 aliphatic rings. The van der Waals surface area contributed by atoms with Crippen molar-refractivity contribution in [1.29, 1.82) is 0 Å². The summed E-state index contributed by atoms with van der Waals surface area (Å²) in [6, 6.07) is 16.8. The van der Waals surface area contributed by atoms with Gasteiger partial charge in [-0.05, 0) is 60.7 Å². The zero-order chi connectivity index (χ0) is 22.7. The topological polar surface area (TPSA) is 67.2 Å². The maximum absolute atomic E-state index is 13.6. The summed E-state index contributed by atoms with van der Waals surface area (Å²) < 4.78 is 14.8. The van der Waals surface area contributed by atoms with Gasteiger partial charge in [0.1, 0.15) is 11.6 Å². The molecule has 1 aromatic heterocycles. The second-order valence-electron chi connectivity index (χ2n) is 8.47. The zero-order valence-electron chi connectivity index (χ0n) is 18.3. The predicted octanol–water partition coefficient (Wildman–Crippen LogP) is 4.35. The number of nitrogens with one attached hydrogen (secondary N) is 1. The minimum atomic E-state index is -0.433. The Morgan fingerprint density at radius 3 is 2.62 bits per heavy atom. The average molecular weight is 435 g/mol. The third kappa shape index (κ3) is 4.88. The number of hydrogen-bond acceptors (Lipinski definition) is 4. The van der Waals surface area contributed by atoms with Crippen molar-refractivity contribution < 1.29 is 9.18 Å². The largest absolute Gasteiger partial charge is 0.354 e. The highest BCUT2D eigenvalue weighted by atomic mass is 19.1. The number of piperidine rings is 1. The predicted molar refractivity (Wildman–Crippen MR) is 124 cm³/mol. The first-order valence-electron chi connectivity index (χ1n) is 10.9. The Morgan fingerprint density at radius 1 is 1.12 bits per heavy atom. The molecule has 32 heavy (non-hydrogen) atoms. The van der Waals surface area contributed by atoms with Crippen LogP contribution in [0.3, 0.4) is 0 Å². The van der Waals surface area contributed by atoms with Crippen molar-refractivity contribution in [3.05, 3.63) is 82.4 Å². The van der Waals surface area contributed by atoms with Crippen LogP contribution in [0.15, 0.2) is 65.5 Å². The molecule has 3 aromatic rings. The number of carbonyl (C=O) groups is 1. The molecule has 0 bridgehead atoms. The van der Waals surface area contributed by atoms with Crippen LogP contribution in [0.1, 0.15) is 38.2 Å². The molecular weight excluding hydrogens is 407 g/mol. The second kappa shape index (κ2) is 9.34. The Labute approximate surface area is 186 Å². The molecule has 1 saturated heterocycles. The molecule has 0 spiro atoms. The molecule has 1 atom stereocenters. The van der Waals surface area contributed by atoms with Crippen molar-refractivity contribution in [2.75, 3.05) is 23.3 Å². The van der Waals surface area contributed by atoms with Gasteiger partial charge in [0.25, 0.3) is 5.56 Å². The summed E-state index contributed by atoms with van der Waals surface area (Å²) in [5, 5.41) is 7.46. The summed E-state index contributed by atoms with van der Waals surface area (Å²) in [7, 11) is 0. The van der Waals surface area contributed by atoms with E-state index >= 15 is 0 Å². The third-order valence-corrected chi connectivity index (χ3v) is 5.80. The Kier molecular flexibility index (Phi) is 6.35. The van der Waals surface area contributed by atoms with Crippen molar-refractivity contribution in [3.63, 3.8) is 0 Å².